The average molecular weight is 629 g/mol. The highest BCUT2D eigenvalue weighted by molar-refractivity contribution is 7.81. The third-order valence-corrected chi connectivity index (χ3v) is 9.63. The fourth-order valence-corrected chi connectivity index (χ4v) is 7.45. The maximum Gasteiger partial charge on any atom is 0.419 e. The van der Waals surface area contributed by atoms with Crippen molar-refractivity contribution in [2.75, 3.05) is 36.0 Å². The molecule has 1 N–H and O–H groups in total. The molecule has 2 aromatic rings. The summed E-state index contributed by atoms with van der Waals surface area (Å²) < 4.78 is 47.2. The first-order chi connectivity index (χ1) is 21.0. The molecule has 2 atom stereocenters. The summed E-state index contributed by atoms with van der Waals surface area (Å²) in [5.74, 6) is 0.272. The van der Waals surface area contributed by atoms with E-state index in [1.54, 1.807) is 9.80 Å². The van der Waals surface area contributed by atoms with Crippen molar-refractivity contribution in [3.63, 3.8) is 0 Å². The molecular weight excluding hydrogens is 597 g/mol. The van der Waals surface area contributed by atoms with Crippen molar-refractivity contribution in [1.82, 2.24) is 14.8 Å². The molecule has 3 saturated heterocycles. The lowest BCUT2D eigenvalue weighted by molar-refractivity contribution is -0.138. The number of alkyl halides is 3. The molecule has 2 amide bonds. The number of piperazine rings is 1. The number of halogens is 3. The van der Waals surface area contributed by atoms with E-state index in [-0.39, 0.29) is 22.9 Å². The molecule has 0 radical (unpaired) electrons. The number of aryl methyl sites for hydroxylation is 1. The van der Waals surface area contributed by atoms with Gasteiger partial charge in [0.05, 0.1) is 17.4 Å². The van der Waals surface area contributed by atoms with Crippen LogP contribution < -0.4 is 14.5 Å². The summed E-state index contributed by atoms with van der Waals surface area (Å²) in [4.78, 5) is 35.7. The molecule has 14 heteroatoms. The van der Waals surface area contributed by atoms with Crippen LogP contribution in [0.4, 0.5) is 29.3 Å². The molecule has 1 aromatic carbocycles. The van der Waals surface area contributed by atoms with Gasteiger partial charge in [-0.15, -0.1) is 0 Å². The number of carbonyl (C=O) groups is 2. The Morgan fingerprint density at radius 3 is 2.48 bits per heavy atom. The number of carbonyl (C=O) groups excluding carboxylic acids is 1. The van der Waals surface area contributed by atoms with Crippen molar-refractivity contribution >= 4 is 40.7 Å². The van der Waals surface area contributed by atoms with E-state index < -0.39 is 35.0 Å². The van der Waals surface area contributed by atoms with Crippen LogP contribution in [0.5, 0.6) is 5.75 Å². The van der Waals surface area contributed by atoms with Crippen molar-refractivity contribution in [2.24, 2.45) is 0 Å². The van der Waals surface area contributed by atoms with Crippen molar-refractivity contribution < 1.29 is 32.6 Å². The molecule has 4 fully saturated rings. The first kappa shape index (κ1) is 30.1. The molecule has 2 bridgehead atoms. The fourth-order valence-electron chi connectivity index (χ4n) is 6.98. The van der Waals surface area contributed by atoms with E-state index in [1.807, 2.05) is 25.1 Å². The van der Waals surface area contributed by atoms with Gasteiger partial charge in [-0.2, -0.15) is 18.4 Å². The first-order valence-electron chi connectivity index (χ1n) is 14.6. The summed E-state index contributed by atoms with van der Waals surface area (Å²) in [6.07, 6.45) is -0.468. The van der Waals surface area contributed by atoms with Crippen LogP contribution in [-0.4, -0.2) is 80.9 Å². The van der Waals surface area contributed by atoms with Crippen LogP contribution in [0.1, 0.15) is 55.8 Å². The molecule has 4 heterocycles. The third kappa shape index (κ3) is 4.92. The Balaban J connectivity index is 1.20. The number of ether oxygens (including phenoxy) is 1. The van der Waals surface area contributed by atoms with Crippen LogP contribution in [0, 0.1) is 11.3 Å². The number of anilines is 2. The summed E-state index contributed by atoms with van der Waals surface area (Å²) in [7, 11) is 0. The lowest BCUT2D eigenvalue weighted by atomic mass is 9.75. The fraction of sp³-hybridized carbons (Fsp3) is 0.500. The number of carboxylic acid groups (broad SMARTS) is 1. The number of pyridine rings is 1. The molecule has 3 aliphatic heterocycles. The van der Waals surface area contributed by atoms with E-state index in [1.165, 1.54) is 6.07 Å². The summed E-state index contributed by atoms with van der Waals surface area (Å²) >= 11 is 5.73. The Morgan fingerprint density at radius 1 is 1.20 bits per heavy atom. The smallest absolute Gasteiger partial charge is 0.419 e. The SMILES string of the molecule is CCc1cc(N2C(=S)N(c3cnc(C#N)c(C(F)(F)F)c3)C(=O)C23CCC3)ccc1OCCN1CC2CCC(C1)N2C(=O)O. The number of nitrogens with zero attached hydrogens (tertiary/aromatic N) is 6. The van der Waals surface area contributed by atoms with Gasteiger partial charge in [-0.25, -0.2) is 9.78 Å². The highest BCUT2D eigenvalue weighted by Crippen LogP contribution is 2.48. The molecule has 1 saturated carbocycles. The van der Waals surface area contributed by atoms with Crippen molar-refractivity contribution in [3.05, 3.63) is 47.3 Å². The number of amides is 2. The average Bonchev–Trinajstić information content (AvgIpc) is 3.38. The minimum absolute atomic E-state index is 0.0160. The topological polar surface area (TPSA) is 113 Å². The molecule has 6 rings (SSSR count). The van der Waals surface area contributed by atoms with E-state index in [9.17, 15) is 27.9 Å². The molecule has 1 spiro atoms. The minimum Gasteiger partial charge on any atom is -0.492 e. The summed E-state index contributed by atoms with van der Waals surface area (Å²) in [6.45, 7) is 4.43. The van der Waals surface area contributed by atoms with Gasteiger partial charge in [-0.3, -0.25) is 19.5 Å². The molecule has 232 valence electrons. The molecule has 2 unspecified atom stereocenters. The van der Waals surface area contributed by atoms with Crippen LogP contribution >= 0.6 is 12.2 Å². The highest BCUT2D eigenvalue weighted by atomic mass is 32.1. The number of fused-ring (bicyclic) bond motifs is 2. The van der Waals surface area contributed by atoms with E-state index in [2.05, 4.69) is 9.88 Å². The standard InChI is InChI=1S/C30H31F3N6O4S/c1-2-18-12-19(6-7-25(18)43-11-10-36-16-20-4-5-21(17-36)37(20)28(41)42)39-27(44)38(26(40)29(39)8-3-9-29)22-13-23(30(31,32)33)24(14-34)35-15-22/h6-7,12-13,15,20-21H,2-5,8-11,16-17H2,1H3,(H,41,42). The summed E-state index contributed by atoms with van der Waals surface area (Å²) in [5, 5.41) is 18.7. The van der Waals surface area contributed by atoms with Gasteiger partial charge in [0.1, 0.15) is 24.0 Å². The van der Waals surface area contributed by atoms with Crippen LogP contribution in [0.2, 0.25) is 0 Å². The second-order valence-corrected chi connectivity index (χ2v) is 12.0. The van der Waals surface area contributed by atoms with Gasteiger partial charge in [-0.05, 0) is 80.6 Å². The number of thiocarbonyl (C=S) groups is 1. The molecule has 10 nitrogen and oxygen atoms in total. The van der Waals surface area contributed by atoms with E-state index in [0.29, 0.717) is 56.9 Å². The zero-order chi connectivity index (χ0) is 31.4. The number of likely N-dealkylation sites (tertiary alicyclic amines) is 1. The van der Waals surface area contributed by atoms with Crippen LogP contribution in [0.15, 0.2) is 30.5 Å². The number of benzene rings is 1. The van der Waals surface area contributed by atoms with E-state index in [0.717, 1.165) is 42.0 Å². The van der Waals surface area contributed by atoms with Gasteiger partial charge in [0, 0.05) is 37.4 Å². The molecule has 44 heavy (non-hydrogen) atoms. The molecule has 4 aliphatic rings. The zero-order valence-electron chi connectivity index (χ0n) is 24.0. The number of hydrogen-bond donors (Lipinski definition) is 1. The van der Waals surface area contributed by atoms with Crippen LogP contribution in [-0.2, 0) is 17.4 Å². The van der Waals surface area contributed by atoms with Gasteiger partial charge >= 0.3 is 12.3 Å². The maximum absolute atomic E-state index is 13.8. The van der Waals surface area contributed by atoms with Crippen molar-refractivity contribution in [3.8, 4) is 11.8 Å². The largest absolute Gasteiger partial charge is 0.492 e. The Hall–Kier alpha value is -3.96. The van der Waals surface area contributed by atoms with Crippen LogP contribution in [0.3, 0.4) is 0 Å². The van der Waals surface area contributed by atoms with E-state index in [4.69, 9.17) is 22.2 Å². The summed E-state index contributed by atoms with van der Waals surface area (Å²) in [6, 6.07) is 7.79. The van der Waals surface area contributed by atoms with Gasteiger partial charge < -0.3 is 14.7 Å². The number of hydrogen-bond acceptors (Lipinski definition) is 7. The van der Waals surface area contributed by atoms with Gasteiger partial charge in [0.15, 0.2) is 10.8 Å². The lowest BCUT2D eigenvalue weighted by Crippen LogP contribution is -2.56. The Labute approximate surface area is 257 Å². The number of rotatable bonds is 7. The van der Waals surface area contributed by atoms with Crippen LogP contribution in [0.25, 0.3) is 0 Å². The second-order valence-electron chi connectivity index (χ2n) is 11.7. The third-order valence-electron chi connectivity index (χ3n) is 9.26. The minimum atomic E-state index is -4.83. The quantitative estimate of drug-likeness (QED) is 0.432. The molecule has 1 aliphatic carbocycles. The Kier molecular flexibility index (Phi) is 7.65. The number of aromatic nitrogens is 1. The van der Waals surface area contributed by atoms with Crippen molar-refractivity contribution in [1.29, 1.82) is 5.26 Å². The Morgan fingerprint density at radius 2 is 1.91 bits per heavy atom. The highest BCUT2D eigenvalue weighted by Gasteiger charge is 2.60. The predicted octanol–water partition coefficient (Wildman–Crippen LogP) is 4.80. The summed E-state index contributed by atoms with van der Waals surface area (Å²) in [5.41, 5.74) is -1.59. The first-order valence-corrected chi connectivity index (χ1v) is 15.0. The molecule has 1 aromatic heterocycles. The predicted molar refractivity (Wildman–Crippen MR) is 158 cm³/mol. The monoisotopic (exact) mass is 628 g/mol. The van der Waals surface area contributed by atoms with Gasteiger partial charge in [0.25, 0.3) is 5.91 Å². The zero-order valence-corrected chi connectivity index (χ0v) is 24.8. The van der Waals surface area contributed by atoms with Gasteiger partial charge in [0.2, 0.25) is 0 Å². The Bertz CT molecular complexity index is 1540. The normalized spacial score (nSPS) is 22.8. The molecular formula is C30H31F3N6O4S. The maximum atomic E-state index is 13.8. The number of nitriles is 1. The van der Waals surface area contributed by atoms with Crippen molar-refractivity contribution in [2.45, 2.75) is 69.2 Å². The van der Waals surface area contributed by atoms with Gasteiger partial charge in [-0.1, -0.05) is 6.92 Å². The van der Waals surface area contributed by atoms with E-state index >= 15 is 0 Å². The second kappa shape index (κ2) is 11.2. The lowest BCUT2D eigenvalue weighted by Gasteiger charge is -2.43.